The van der Waals surface area contributed by atoms with Crippen LogP contribution in [0.2, 0.25) is 0 Å². The molecule has 0 bridgehead atoms. The summed E-state index contributed by atoms with van der Waals surface area (Å²) >= 11 is 0. The summed E-state index contributed by atoms with van der Waals surface area (Å²) in [6, 6.07) is 9.52. The van der Waals surface area contributed by atoms with Gasteiger partial charge in [-0.3, -0.25) is 4.79 Å². The first-order chi connectivity index (χ1) is 8.73. The van der Waals surface area contributed by atoms with Crippen LogP contribution in [0.15, 0.2) is 24.3 Å². The van der Waals surface area contributed by atoms with Crippen LogP contribution in [0, 0.1) is 11.3 Å². The number of nitriles is 1. The van der Waals surface area contributed by atoms with Crippen molar-refractivity contribution in [3.8, 4) is 6.07 Å². The lowest BCUT2D eigenvalue weighted by Gasteiger charge is -2.22. The van der Waals surface area contributed by atoms with Crippen LogP contribution < -0.4 is 11.1 Å². The minimum atomic E-state index is -0.870. The summed E-state index contributed by atoms with van der Waals surface area (Å²) in [6.07, 6.45) is 0.568. The number of nitrogens with one attached hydrogen (secondary N) is 1. The molecule has 0 saturated heterocycles. The first-order valence-corrected chi connectivity index (χ1v) is 6.35. The molecule has 0 fully saturated rings. The molecule has 1 rings (SSSR count). The molecule has 1 aromatic rings. The summed E-state index contributed by atoms with van der Waals surface area (Å²) in [5, 5.41) is 11.8. The summed E-state index contributed by atoms with van der Waals surface area (Å²) < 4.78 is 0. The monoisotopic (exact) mass is 259 g/mol. The zero-order valence-electron chi connectivity index (χ0n) is 11.9. The van der Waals surface area contributed by atoms with E-state index in [2.05, 4.69) is 11.4 Å². The molecule has 1 aromatic carbocycles. The van der Waals surface area contributed by atoms with E-state index in [0.29, 0.717) is 12.1 Å². The van der Waals surface area contributed by atoms with Crippen molar-refractivity contribution in [2.75, 3.05) is 5.32 Å². The predicted molar refractivity (Wildman–Crippen MR) is 76.6 cm³/mol. The van der Waals surface area contributed by atoms with Gasteiger partial charge in [0.2, 0.25) is 5.91 Å². The standard InChI is InChI=1S/C15H21N3O/c1-5-15(4,17)13(19)18-12-8-6-11(7-9-12)14(2,3)10-16/h6-9H,5,17H2,1-4H3,(H,18,19). The molecule has 19 heavy (non-hydrogen) atoms. The average molecular weight is 259 g/mol. The van der Waals surface area contributed by atoms with Gasteiger partial charge >= 0.3 is 0 Å². The maximum absolute atomic E-state index is 11.9. The van der Waals surface area contributed by atoms with Crippen LogP contribution in [0.5, 0.6) is 0 Å². The number of amides is 1. The van der Waals surface area contributed by atoms with Crippen LogP contribution in [0.3, 0.4) is 0 Å². The number of benzene rings is 1. The van der Waals surface area contributed by atoms with E-state index in [1.165, 1.54) is 0 Å². The Morgan fingerprint density at radius 1 is 1.32 bits per heavy atom. The summed E-state index contributed by atoms with van der Waals surface area (Å²) in [5.74, 6) is -0.206. The van der Waals surface area contributed by atoms with E-state index in [0.717, 1.165) is 5.56 Å². The molecule has 1 atom stereocenters. The first kappa shape index (κ1) is 15.2. The maximum Gasteiger partial charge on any atom is 0.244 e. The Balaban J connectivity index is 2.85. The number of nitrogens with two attached hydrogens (primary N) is 1. The van der Waals surface area contributed by atoms with Gasteiger partial charge in [0.05, 0.1) is 17.0 Å². The van der Waals surface area contributed by atoms with Crippen molar-refractivity contribution in [1.82, 2.24) is 0 Å². The van der Waals surface area contributed by atoms with Gasteiger partial charge in [-0.1, -0.05) is 19.1 Å². The van der Waals surface area contributed by atoms with Crippen molar-refractivity contribution in [2.24, 2.45) is 5.73 Å². The highest BCUT2D eigenvalue weighted by atomic mass is 16.2. The van der Waals surface area contributed by atoms with Crippen molar-refractivity contribution >= 4 is 11.6 Å². The smallest absolute Gasteiger partial charge is 0.244 e. The van der Waals surface area contributed by atoms with Crippen LogP contribution in [-0.2, 0) is 10.2 Å². The lowest BCUT2D eigenvalue weighted by atomic mass is 9.86. The van der Waals surface area contributed by atoms with Gasteiger partial charge in [-0.25, -0.2) is 0 Å². The molecule has 102 valence electrons. The Bertz CT molecular complexity index is 495. The van der Waals surface area contributed by atoms with Gasteiger partial charge in [0, 0.05) is 5.69 Å². The van der Waals surface area contributed by atoms with Crippen molar-refractivity contribution in [3.63, 3.8) is 0 Å². The molecular formula is C15H21N3O. The molecule has 0 aromatic heterocycles. The third-order valence-corrected chi connectivity index (χ3v) is 3.40. The maximum atomic E-state index is 11.9. The van der Waals surface area contributed by atoms with Gasteiger partial charge < -0.3 is 11.1 Å². The van der Waals surface area contributed by atoms with Gasteiger partial charge in [-0.2, -0.15) is 5.26 Å². The minimum Gasteiger partial charge on any atom is -0.325 e. The molecule has 0 saturated carbocycles. The quantitative estimate of drug-likeness (QED) is 0.872. The summed E-state index contributed by atoms with van der Waals surface area (Å²) in [4.78, 5) is 11.9. The van der Waals surface area contributed by atoms with Gasteiger partial charge in [-0.15, -0.1) is 0 Å². The van der Waals surface area contributed by atoms with E-state index in [1.807, 2.05) is 32.9 Å². The molecule has 0 aliphatic carbocycles. The van der Waals surface area contributed by atoms with Crippen LogP contribution in [-0.4, -0.2) is 11.4 Å². The van der Waals surface area contributed by atoms with Gasteiger partial charge in [0.1, 0.15) is 0 Å². The summed E-state index contributed by atoms with van der Waals surface area (Å²) in [7, 11) is 0. The molecule has 3 N–H and O–H groups in total. The number of carbonyl (C=O) groups excluding carboxylic acids is 1. The highest BCUT2D eigenvalue weighted by Gasteiger charge is 2.26. The largest absolute Gasteiger partial charge is 0.325 e. The van der Waals surface area contributed by atoms with Crippen LogP contribution >= 0.6 is 0 Å². The van der Waals surface area contributed by atoms with Crippen molar-refractivity contribution in [3.05, 3.63) is 29.8 Å². The van der Waals surface area contributed by atoms with Crippen molar-refractivity contribution < 1.29 is 4.79 Å². The molecule has 0 radical (unpaired) electrons. The van der Waals surface area contributed by atoms with Crippen LogP contribution in [0.25, 0.3) is 0 Å². The lowest BCUT2D eigenvalue weighted by molar-refractivity contribution is -0.120. The fourth-order valence-corrected chi connectivity index (χ4v) is 1.47. The van der Waals surface area contributed by atoms with E-state index >= 15 is 0 Å². The molecular weight excluding hydrogens is 238 g/mol. The van der Waals surface area contributed by atoms with E-state index in [9.17, 15) is 4.79 Å². The molecule has 1 unspecified atom stereocenters. The number of hydrogen-bond donors (Lipinski definition) is 2. The second-order valence-electron chi connectivity index (χ2n) is 5.54. The Morgan fingerprint density at radius 2 is 1.84 bits per heavy atom. The third kappa shape index (κ3) is 3.55. The summed E-state index contributed by atoms with van der Waals surface area (Å²) in [6.45, 7) is 7.29. The SMILES string of the molecule is CCC(C)(N)C(=O)Nc1ccc(C(C)(C)C#N)cc1. The highest BCUT2D eigenvalue weighted by Crippen LogP contribution is 2.23. The molecule has 0 aliphatic rings. The van der Waals surface area contributed by atoms with E-state index < -0.39 is 11.0 Å². The molecule has 0 spiro atoms. The molecule has 4 nitrogen and oxygen atoms in total. The van der Waals surface area contributed by atoms with E-state index in [1.54, 1.807) is 19.1 Å². The Hall–Kier alpha value is -1.86. The number of hydrogen-bond acceptors (Lipinski definition) is 3. The lowest BCUT2D eigenvalue weighted by Crippen LogP contribution is -2.47. The van der Waals surface area contributed by atoms with E-state index in [-0.39, 0.29) is 5.91 Å². The fourth-order valence-electron chi connectivity index (χ4n) is 1.47. The number of rotatable bonds is 4. The van der Waals surface area contributed by atoms with Crippen LogP contribution in [0.4, 0.5) is 5.69 Å². The van der Waals surface area contributed by atoms with Gasteiger partial charge in [0.25, 0.3) is 0 Å². The van der Waals surface area contributed by atoms with E-state index in [4.69, 9.17) is 11.0 Å². The molecule has 0 heterocycles. The number of carbonyl (C=O) groups is 1. The molecule has 1 amide bonds. The topological polar surface area (TPSA) is 78.9 Å². The predicted octanol–water partition coefficient (Wildman–Crippen LogP) is 2.55. The minimum absolute atomic E-state index is 0.206. The average Bonchev–Trinajstić information content (AvgIpc) is 2.39. The summed E-state index contributed by atoms with van der Waals surface area (Å²) in [5.41, 5.74) is 6.07. The van der Waals surface area contributed by atoms with Crippen LogP contribution in [0.1, 0.15) is 39.7 Å². The van der Waals surface area contributed by atoms with Gasteiger partial charge in [0.15, 0.2) is 0 Å². The fraction of sp³-hybridized carbons (Fsp3) is 0.467. The molecule has 4 heteroatoms. The zero-order valence-corrected chi connectivity index (χ0v) is 11.9. The zero-order chi connectivity index (χ0) is 14.7. The van der Waals surface area contributed by atoms with Gasteiger partial charge in [-0.05, 0) is 44.9 Å². The Labute approximate surface area is 114 Å². The number of nitrogens with zero attached hydrogens (tertiary/aromatic N) is 1. The Morgan fingerprint density at radius 3 is 2.26 bits per heavy atom. The second-order valence-corrected chi connectivity index (χ2v) is 5.54. The molecule has 0 aliphatic heterocycles. The Kier molecular flexibility index (Phi) is 4.33. The van der Waals surface area contributed by atoms with Crippen molar-refractivity contribution in [1.29, 1.82) is 5.26 Å². The third-order valence-electron chi connectivity index (χ3n) is 3.40. The highest BCUT2D eigenvalue weighted by molar-refractivity contribution is 5.97. The second kappa shape index (κ2) is 5.41. The first-order valence-electron chi connectivity index (χ1n) is 6.35. The number of anilines is 1. The normalized spacial score (nSPS) is 14.3. The van der Waals surface area contributed by atoms with Crippen molar-refractivity contribution in [2.45, 2.75) is 45.1 Å².